The Hall–Kier alpha value is -1.45. The fourth-order valence-electron chi connectivity index (χ4n) is 0.651. The summed E-state index contributed by atoms with van der Waals surface area (Å²) >= 11 is 0. The summed E-state index contributed by atoms with van der Waals surface area (Å²) in [6.45, 7) is 0. The predicted molar refractivity (Wildman–Crippen MR) is 31.7 cm³/mol. The van der Waals surface area contributed by atoms with Gasteiger partial charge in [-0.25, -0.2) is 15.0 Å². The van der Waals surface area contributed by atoms with E-state index in [4.69, 9.17) is 1.37 Å². The molecule has 0 bridgehead atoms. The second-order valence-corrected chi connectivity index (χ2v) is 1.61. The van der Waals surface area contributed by atoms with Crippen LogP contribution in [0.1, 0.15) is 1.37 Å². The van der Waals surface area contributed by atoms with E-state index in [1.165, 1.54) is 12.5 Å². The van der Waals surface area contributed by atoms with Gasteiger partial charge in [0.1, 0.15) is 13.2 Å². The minimum atomic E-state index is -0.000370. The van der Waals surface area contributed by atoms with Gasteiger partial charge >= 0.3 is 0 Å². The van der Waals surface area contributed by atoms with Crippen LogP contribution in [0.4, 0.5) is 0 Å². The molecule has 0 unspecified atom stereocenters. The minimum absolute atomic E-state index is 0.000370. The fraction of sp³-hybridized carbons (Fsp3) is 0. The van der Waals surface area contributed by atoms with Crippen LogP contribution >= 0.6 is 0 Å². The molecule has 0 saturated heterocycles. The summed E-state index contributed by atoms with van der Waals surface area (Å²) in [6, 6.07) is 0. The molecule has 0 radical (unpaired) electrons. The van der Waals surface area contributed by atoms with Gasteiger partial charge in [0.15, 0.2) is 5.65 Å². The molecule has 2 heterocycles. The van der Waals surface area contributed by atoms with E-state index in [9.17, 15) is 0 Å². The van der Waals surface area contributed by atoms with Crippen LogP contribution in [0.15, 0.2) is 18.8 Å². The van der Waals surface area contributed by atoms with E-state index in [1.807, 2.05) is 0 Å². The first-order chi connectivity index (χ1) is 4.86. The van der Waals surface area contributed by atoms with Crippen LogP contribution in [-0.4, -0.2) is 19.9 Å². The highest BCUT2D eigenvalue weighted by Crippen LogP contribution is 1.99. The number of aromatic amines is 1. The number of fused-ring (bicyclic) bond motifs is 1. The summed E-state index contributed by atoms with van der Waals surface area (Å²) in [5.74, 6) is 0. The van der Waals surface area contributed by atoms with Crippen molar-refractivity contribution in [2.45, 2.75) is 0 Å². The monoisotopic (exact) mass is 122 g/mol. The number of imidazole rings is 1. The van der Waals surface area contributed by atoms with Gasteiger partial charge in [0.25, 0.3) is 0 Å². The van der Waals surface area contributed by atoms with Crippen molar-refractivity contribution < 1.29 is 1.37 Å². The molecule has 0 aliphatic carbocycles. The lowest BCUT2D eigenvalue weighted by molar-refractivity contribution is 1.20. The second kappa shape index (κ2) is 1.51. The van der Waals surface area contributed by atoms with Crippen molar-refractivity contribution in [2.24, 2.45) is 0 Å². The van der Waals surface area contributed by atoms with Crippen LogP contribution in [0.5, 0.6) is 0 Å². The SMILES string of the molecule is [3H]c1ncc2[nH]cnc2n1. The van der Waals surface area contributed by atoms with Crippen LogP contribution in [0.3, 0.4) is 0 Å². The van der Waals surface area contributed by atoms with Crippen molar-refractivity contribution in [3.05, 3.63) is 18.8 Å². The highest BCUT2D eigenvalue weighted by Gasteiger charge is 1.91. The van der Waals surface area contributed by atoms with E-state index >= 15 is 0 Å². The largest absolute Gasteiger partial charge is 0.342 e. The van der Waals surface area contributed by atoms with Crippen LogP contribution in [0.2, 0.25) is 0 Å². The maximum absolute atomic E-state index is 7.04. The molecule has 0 aliphatic rings. The molecular formula is C5H4N4. The van der Waals surface area contributed by atoms with Crippen molar-refractivity contribution >= 4 is 11.2 Å². The Kier molecular flexibility index (Phi) is 0.597. The number of rotatable bonds is 0. The average Bonchev–Trinajstić information content (AvgIpc) is 2.33. The molecule has 2 aromatic rings. The molecule has 0 amide bonds. The lowest BCUT2D eigenvalue weighted by atomic mass is 10.6. The Bertz CT molecular complexity index is 355. The van der Waals surface area contributed by atoms with E-state index < -0.39 is 0 Å². The molecule has 4 nitrogen and oxygen atoms in total. The molecule has 0 atom stereocenters. The summed E-state index contributed by atoms with van der Waals surface area (Å²) in [6.07, 6.45) is 3.07. The normalized spacial score (nSPS) is 11.8. The number of H-pyrrole nitrogens is 1. The summed E-state index contributed by atoms with van der Waals surface area (Å²) in [5.41, 5.74) is 1.30. The molecule has 4 heteroatoms. The number of aromatic nitrogens is 4. The van der Waals surface area contributed by atoms with Gasteiger partial charge in [-0.1, -0.05) is 0 Å². The Morgan fingerprint density at radius 3 is 3.56 bits per heavy atom. The summed E-state index contributed by atoms with van der Waals surface area (Å²) in [4.78, 5) is 14.1. The zero-order chi connectivity index (χ0) is 6.97. The van der Waals surface area contributed by atoms with Crippen molar-refractivity contribution in [1.29, 1.82) is 0 Å². The lowest BCUT2D eigenvalue weighted by Gasteiger charge is -1.80. The third kappa shape index (κ3) is 0.561. The molecule has 2 rings (SSSR count). The van der Waals surface area contributed by atoms with Crippen molar-refractivity contribution in [3.8, 4) is 0 Å². The molecule has 0 aliphatic heterocycles. The first-order valence-electron chi connectivity index (χ1n) is 2.99. The topological polar surface area (TPSA) is 54.5 Å². The average molecular weight is 122 g/mol. The number of nitrogens with zero attached hydrogens (tertiary/aromatic N) is 3. The Balaban J connectivity index is 2.86. The van der Waals surface area contributed by atoms with Gasteiger partial charge < -0.3 is 4.98 Å². The van der Waals surface area contributed by atoms with E-state index in [-0.39, 0.29) is 6.30 Å². The lowest BCUT2D eigenvalue weighted by Crippen LogP contribution is -1.76. The molecule has 0 spiro atoms. The highest BCUT2D eigenvalue weighted by atomic mass is 15.0. The fourth-order valence-corrected chi connectivity index (χ4v) is 0.651. The number of nitrogens with one attached hydrogen (secondary N) is 1. The number of hydrogen-bond donors (Lipinski definition) is 1. The van der Waals surface area contributed by atoms with Crippen molar-refractivity contribution in [3.63, 3.8) is 0 Å². The Morgan fingerprint density at radius 2 is 2.56 bits per heavy atom. The first kappa shape index (κ1) is 3.55. The van der Waals surface area contributed by atoms with E-state index in [2.05, 4.69) is 19.9 Å². The van der Waals surface area contributed by atoms with Crippen molar-refractivity contribution in [2.75, 3.05) is 0 Å². The predicted octanol–water partition coefficient (Wildman–Crippen LogP) is 0.353. The zero-order valence-corrected chi connectivity index (χ0v) is 4.50. The molecule has 44 valence electrons. The van der Waals surface area contributed by atoms with Crippen LogP contribution < -0.4 is 0 Å². The van der Waals surface area contributed by atoms with E-state index in [1.54, 1.807) is 0 Å². The maximum Gasteiger partial charge on any atom is 0.180 e. The minimum Gasteiger partial charge on any atom is -0.342 e. The van der Waals surface area contributed by atoms with E-state index in [0.717, 1.165) is 5.52 Å². The molecular weight excluding hydrogens is 116 g/mol. The quantitative estimate of drug-likeness (QED) is 0.548. The molecule has 2 aromatic heterocycles. The van der Waals surface area contributed by atoms with Gasteiger partial charge in [0.2, 0.25) is 0 Å². The molecule has 0 aromatic carbocycles. The smallest absolute Gasteiger partial charge is 0.180 e. The van der Waals surface area contributed by atoms with Gasteiger partial charge in [0, 0.05) is 0 Å². The third-order valence-electron chi connectivity index (χ3n) is 1.06. The highest BCUT2D eigenvalue weighted by molar-refractivity contribution is 5.67. The van der Waals surface area contributed by atoms with Gasteiger partial charge in [-0.15, -0.1) is 0 Å². The summed E-state index contributed by atoms with van der Waals surface area (Å²) < 4.78 is 7.04. The zero-order valence-electron chi connectivity index (χ0n) is 5.50. The molecule has 0 fully saturated rings. The number of hydrogen-bond acceptors (Lipinski definition) is 3. The van der Waals surface area contributed by atoms with E-state index in [0.29, 0.717) is 5.65 Å². The molecule has 9 heavy (non-hydrogen) atoms. The molecule has 1 N–H and O–H groups in total. The molecule has 0 saturated carbocycles. The van der Waals surface area contributed by atoms with Gasteiger partial charge in [-0.05, 0) is 0 Å². The second-order valence-electron chi connectivity index (χ2n) is 1.61. The van der Waals surface area contributed by atoms with Crippen LogP contribution in [0, 0.1) is 0 Å². The Morgan fingerprint density at radius 1 is 1.56 bits per heavy atom. The maximum atomic E-state index is 7.04. The van der Waals surface area contributed by atoms with Crippen molar-refractivity contribution in [1.82, 2.24) is 19.9 Å². The first-order valence-corrected chi connectivity index (χ1v) is 2.49. The summed E-state index contributed by atoms with van der Waals surface area (Å²) in [5, 5.41) is 0. The standard InChI is InChI=1S/C5H4N4/c1-4-5(8-2-6-1)9-3-7-4/h1-3H,(H,6,7,8,9)/i2T. The van der Waals surface area contributed by atoms with Gasteiger partial charge in [0.05, 0.1) is 12.5 Å². The van der Waals surface area contributed by atoms with Crippen LogP contribution in [-0.2, 0) is 0 Å². The van der Waals surface area contributed by atoms with Crippen LogP contribution in [0.25, 0.3) is 11.2 Å². The van der Waals surface area contributed by atoms with Gasteiger partial charge in [-0.3, -0.25) is 0 Å². The van der Waals surface area contributed by atoms with Gasteiger partial charge in [-0.2, -0.15) is 0 Å². The Labute approximate surface area is 52.4 Å². The summed E-state index contributed by atoms with van der Waals surface area (Å²) in [7, 11) is 0. The third-order valence-corrected chi connectivity index (χ3v) is 1.06.